The highest BCUT2D eigenvalue weighted by Gasteiger charge is 2.42. The van der Waals surface area contributed by atoms with E-state index in [2.05, 4.69) is 15.2 Å². The number of amides is 1. The summed E-state index contributed by atoms with van der Waals surface area (Å²) in [6.07, 6.45) is 2.62. The number of aromatic nitrogens is 4. The largest absolute Gasteiger partial charge is 0.338 e. The van der Waals surface area contributed by atoms with E-state index in [-0.39, 0.29) is 58.0 Å². The molecule has 0 spiro atoms. The van der Waals surface area contributed by atoms with Gasteiger partial charge in [0.15, 0.2) is 0 Å². The van der Waals surface area contributed by atoms with E-state index in [1.807, 2.05) is 6.07 Å². The van der Waals surface area contributed by atoms with Gasteiger partial charge in [0.1, 0.15) is 16.7 Å². The van der Waals surface area contributed by atoms with Gasteiger partial charge in [-0.15, -0.1) is 0 Å². The van der Waals surface area contributed by atoms with Crippen molar-refractivity contribution in [2.45, 2.75) is 50.9 Å². The van der Waals surface area contributed by atoms with Crippen LogP contribution < -0.4 is 5.56 Å². The zero-order chi connectivity index (χ0) is 32.5. The summed E-state index contributed by atoms with van der Waals surface area (Å²) in [5, 5.41) is 7.04. The lowest BCUT2D eigenvalue weighted by Crippen LogP contribution is -2.43. The minimum Gasteiger partial charge on any atom is -0.338 e. The highest BCUT2D eigenvalue weighted by atomic mass is 35.5. The molecule has 5 aromatic rings. The van der Waals surface area contributed by atoms with Gasteiger partial charge in [0.05, 0.1) is 28.7 Å². The van der Waals surface area contributed by atoms with Crippen LogP contribution >= 0.6 is 11.6 Å². The molecule has 0 bridgehead atoms. The average molecular weight is 650 g/mol. The number of alkyl halides is 2. The minimum atomic E-state index is -2.87. The van der Waals surface area contributed by atoms with Crippen molar-refractivity contribution in [3.63, 3.8) is 0 Å². The molecule has 2 aromatic carbocycles. The minimum absolute atomic E-state index is 0.0165. The number of pyridine rings is 2. The Labute approximate surface area is 265 Å². The van der Waals surface area contributed by atoms with E-state index in [1.165, 1.54) is 40.1 Å². The molecule has 1 saturated carbocycles. The number of rotatable bonds is 5. The first-order valence-corrected chi connectivity index (χ1v) is 15.3. The maximum Gasteiger partial charge on any atom is 0.274 e. The number of hydrogen-bond donors (Lipinski definition) is 1. The van der Waals surface area contributed by atoms with Crippen LogP contribution in [0.4, 0.5) is 17.6 Å². The Morgan fingerprint density at radius 1 is 1.02 bits per heavy atom. The lowest BCUT2D eigenvalue weighted by molar-refractivity contribution is -0.0494. The van der Waals surface area contributed by atoms with Gasteiger partial charge in [0.25, 0.3) is 17.4 Å². The number of aryl methyl sites for hydroxylation is 2. The molecule has 4 heterocycles. The molecule has 1 unspecified atom stereocenters. The molecule has 7 rings (SSSR count). The third-order valence-corrected chi connectivity index (χ3v) is 9.50. The lowest BCUT2D eigenvalue weighted by atomic mass is 9.99. The SMILES string of the molecule is Cc1cnc(-c2cc3[nH]ncc3c(C(=O)N3CCC(F)(F)CC3)c2F)cc1-n1c(C)cc([C@@H]2CC2c2ccc(F)cc2)c(Cl)c1=O. The van der Waals surface area contributed by atoms with E-state index in [0.29, 0.717) is 22.5 Å². The molecule has 2 aliphatic rings. The third kappa shape index (κ3) is 5.16. The number of halogens is 5. The summed E-state index contributed by atoms with van der Waals surface area (Å²) >= 11 is 6.70. The smallest absolute Gasteiger partial charge is 0.274 e. The molecule has 2 fully saturated rings. The highest BCUT2D eigenvalue weighted by molar-refractivity contribution is 6.31. The first-order chi connectivity index (χ1) is 21.9. The molecule has 7 nitrogen and oxygen atoms in total. The fraction of sp³-hybridized carbons (Fsp3) is 0.294. The molecule has 3 aromatic heterocycles. The summed E-state index contributed by atoms with van der Waals surface area (Å²) in [6.45, 7) is 3.14. The second-order valence-electron chi connectivity index (χ2n) is 12.1. The van der Waals surface area contributed by atoms with Crippen LogP contribution in [-0.2, 0) is 0 Å². The molecule has 46 heavy (non-hydrogen) atoms. The van der Waals surface area contributed by atoms with E-state index < -0.39 is 36.0 Å². The van der Waals surface area contributed by atoms with Crippen LogP contribution in [0.15, 0.2) is 59.7 Å². The zero-order valence-electron chi connectivity index (χ0n) is 24.9. The first kappa shape index (κ1) is 30.2. The zero-order valence-corrected chi connectivity index (χ0v) is 25.6. The number of piperidine rings is 1. The number of carbonyl (C=O) groups is 1. The summed E-state index contributed by atoms with van der Waals surface area (Å²) < 4.78 is 58.8. The van der Waals surface area contributed by atoms with Gasteiger partial charge in [-0.05, 0) is 79.1 Å². The van der Waals surface area contributed by atoms with Crippen LogP contribution in [-0.4, -0.2) is 49.6 Å². The number of H-pyrrole nitrogens is 1. The Balaban J connectivity index is 1.27. The van der Waals surface area contributed by atoms with Crippen LogP contribution in [0, 0.1) is 25.5 Å². The van der Waals surface area contributed by atoms with E-state index in [9.17, 15) is 22.8 Å². The van der Waals surface area contributed by atoms with Crippen molar-refractivity contribution in [2.75, 3.05) is 13.1 Å². The predicted octanol–water partition coefficient (Wildman–Crippen LogP) is 7.47. The highest BCUT2D eigenvalue weighted by Crippen LogP contribution is 2.56. The molecular formula is C34H28ClF4N5O2. The second-order valence-corrected chi connectivity index (χ2v) is 12.5. The van der Waals surface area contributed by atoms with Crippen LogP contribution in [0.1, 0.15) is 63.8 Å². The Hall–Kier alpha value is -4.51. The summed E-state index contributed by atoms with van der Waals surface area (Å²) in [4.78, 5) is 33.0. The second kappa shape index (κ2) is 11.1. The van der Waals surface area contributed by atoms with Gasteiger partial charge >= 0.3 is 0 Å². The summed E-state index contributed by atoms with van der Waals surface area (Å²) in [6, 6.07) is 11.2. The van der Waals surface area contributed by atoms with Gasteiger partial charge in [0.2, 0.25) is 0 Å². The molecule has 1 aliphatic carbocycles. The summed E-state index contributed by atoms with van der Waals surface area (Å²) in [7, 11) is 0. The van der Waals surface area contributed by atoms with Crippen molar-refractivity contribution in [3.8, 4) is 16.9 Å². The molecular weight excluding hydrogens is 622 g/mol. The monoisotopic (exact) mass is 649 g/mol. The lowest BCUT2D eigenvalue weighted by Gasteiger charge is -2.32. The van der Waals surface area contributed by atoms with Crippen LogP contribution in [0.3, 0.4) is 0 Å². The number of hydrogen-bond acceptors (Lipinski definition) is 4. The van der Waals surface area contributed by atoms with Gasteiger partial charge in [-0.25, -0.2) is 17.6 Å². The van der Waals surface area contributed by atoms with Crippen molar-refractivity contribution in [2.24, 2.45) is 0 Å². The Morgan fingerprint density at radius 2 is 1.74 bits per heavy atom. The molecule has 1 N–H and O–H groups in total. The fourth-order valence-corrected chi connectivity index (χ4v) is 6.76. The first-order valence-electron chi connectivity index (χ1n) is 14.9. The normalized spacial score (nSPS) is 19.1. The average Bonchev–Trinajstić information content (AvgIpc) is 3.68. The van der Waals surface area contributed by atoms with Crippen molar-refractivity contribution in [1.29, 1.82) is 0 Å². The van der Waals surface area contributed by atoms with Gasteiger partial charge in [0, 0.05) is 48.8 Å². The fourth-order valence-electron chi connectivity index (χ4n) is 6.48. The summed E-state index contributed by atoms with van der Waals surface area (Å²) in [5.74, 6) is -4.61. The van der Waals surface area contributed by atoms with Crippen LogP contribution in [0.2, 0.25) is 5.02 Å². The van der Waals surface area contributed by atoms with Crippen molar-refractivity contribution in [3.05, 3.63) is 110 Å². The van der Waals surface area contributed by atoms with Crippen molar-refractivity contribution < 1.29 is 22.4 Å². The standard InChI is InChI=1S/C34H28ClF4N5O2/c1-17-15-40-26(24-13-27-25(16-41-42-27)29(31(24)37)32(45)43-9-7-34(38,39)8-10-43)14-28(17)44-18(2)11-23(30(35)33(44)46)22-12-21(22)19-3-5-20(36)6-4-19/h3-6,11,13-16,21-22H,7-10,12H2,1-2H3,(H,41,42)/t21?,22-/m1/s1. The number of carbonyl (C=O) groups excluding carboxylic acids is 1. The Morgan fingerprint density at radius 3 is 2.46 bits per heavy atom. The maximum atomic E-state index is 16.3. The molecule has 1 aliphatic heterocycles. The molecule has 1 amide bonds. The number of benzene rings is 2. The Kier molecular flexibility index (Phi) is 7.26. The topological polar surface area (TPSA) is 83.9 Å². The molecule has 0 radical (unpaired) electrons. The van der Waals surface area contributed by atoms with E-state index in [0.717, 1.165) is 17.5 Å². The quantitative estimate of drug-likeness (QED) is 0.200. The van der Waals surface area contributed by atoms with Crippen molar-refractivity contribution >= 4 is 28.4 Å². The molecule has 1 saturated heterocycles. The van der Waals surface area contributed by atoms with E-state index >= 15 is 4.39 Å². The predicted molar refractivity (Wildman–Crippen MR) is 166 cm³/mol. The van der Waals surface area contributed by atoms with E-state index in [4.69, 9.17) is 11.6 Å². The van der Waals surface area contributed by atoms with Gasteiger partial charge in [-0.1, -0.05) is 23.7 Å². The molecule has 2 atom stereocenters. The Bertz CT molecular complexity index is 2080. The van der Waals surface area contributed by atoms with Gasteiger partial charge in [-0.2, -0.15) is 5.10 Å². The van der Waals surface area contributed by atoms with Crippen molar-refractivity contribution in [1.82, 2.24) is 24.6 Å². The number of fused-ring (bicyclic) bond motifs is 1. The van der Waals surface area contributed by atoms with Crippen LogP contribution in [0.25, 0.3) is 27.8 Å². The third-order valence-electron chi connectivity index (χ3n) is 9.12. The molecule has 236 valence electrons. The summed E-state index contributed by atoms with van der Waals surface area (Å²) in [5.41, 5.74) is 3.14. The number of nitrogens with one attached hydrogen (secondary N) is 1. The van der Waals surface area contributed by atoms with E-state index in [1.54, 1.807) is 32.0 Å². The number of likely N-dealkylation sites (tertiary alicyclic amines) is 1. The van der Waals surface area contributed by atoms with Gasteiger partial charge in [-0.3, -0.25) is 24.2 Å². The number of aromatic amines is 1. The number of nitrogens with zero attached hydrogens (tertiary/aromatic N) is 4. The molecule has 12 heteroatoms. The van der Waals surface area contributed by atoms with Gasteiger partial charge < -0.3 is 4.90 Å². The van der Waals surface area contributed by atoms with Crippen LogP contribution in [0.5, 0.6) is 0 Å². The maximum absolute atomic E-state index is 16.3.